The molecule has 0 bridgehead atoms. The monoisotopic (exact) mass is 261 g/mol. The Labute approximate surface area is 112 Å². The molecular weight excluding hydrogens is 242 g/mol. The minimum absolute atomic E-state index is 0.0308. The Morgan fingerprint density at radius 3 is 2.42 bits per heavy atom. The highest BCUT2D eigenvalue weighted by molar-refractivity contribution is 5.73. The van der Waals surface area contributed by atoms with Crippen molar-refractivity contribution in [1.82, 2.24) is 5.32 Å². The van der Waals surface area contributed by atoms with E-state index in [0.717, 1.165) is 5.56 Å². The summed E-state index contributed by atoms with van der Waals surface area (Å²) in [6.45, 7) is 1.80. The lowest BCUT2D eigenvalue weighted by atomic mass is 9.94. The van der Waals surface area contributed by atoms with Crippen LogP contribution < -0.4 is 5.32 Å². The van der Waals surface area contributed by atoms with Crippen molar-refractivity contribution in [2.75, 3.05) is 6.54 Å². The molecule has 1 aliphatic carbocycles. The van der Waals surface area contributed by atoms with Crippen LogP contribution in [-0.2, 0) is 9.59 Å². The van der Waals surface area contributed by atoms with Crippen LogP contribution >= 0.6 is 0 Å². The van der Waals surface area contributed by atoms with E-state index >= 15 is 0 Å². The number of carbonyl (C=O) groups excluding carboxylic acids is 1. The van der Waals surface area contributed by atoms with Crippen molar-refractivity contribution in [3.05, 3.63) is 35.4 Å². The van der Waals surface area contributed by atoms with E-state index < -0.39 is 5.97 Å². The van der Waals surface area contributed by atoms with Gasteiger partial charge in [-0.05, 0) is 29.9 Å². The quantitative estimate of drug-likeness (QED) is 0.825. The van der Waals surface area contributed by atoms with E-state index in [0.29, 0.717) is 12.5 Å². The van der Waals surface area contributed by atoms with Gasteiger partial charge in [0, 0.05) is 19.4 Å². The number of carbonyl (C=O) groups is 2. The van der Waals surface area contributed by atoms with E-state index in [9.17, 15) is 9.59 Å². The first-order valence-corrected chi connectivity index (χ1v) is 6.62. The van der Waals surface area contributed by atoms with Crippen molar-refractivity contribution >= 4 is 11.9 Å². The molecule has 1 saturated carbocycles. The first kappa shape index (κ1) is 13.6. The van der Waals surface area contributed by atoms with Crippen LogP contribution in [0.25, 0.3) is 0 Å². The number of amides is 1. The number of rotatable bonds is 6. The lowest BCUT2D eigenvalue weighted by Crippen LogP contribution is -2.27. The van der Waals surface area contributed by atoms with Crippen molar-refractivity contribution in [1.29, 1.82) is 0 Å². The molecule has 0 aromatic heterocycles. The molecule has 1 aliphatic rings. The first-order valence-electron chi connectivity index (χ1n) is 6.62. The highest BCUT2D eigenvalue weighted by atomic mass is 16.4. The van der Waals surface area contributed by atoms with Gasteiger partial charge in [0.25, 0.3) is 0 Å². The third-order valence-corrected chi connectivity index (χ3v) is 3.48. The van der Waals surface area contributed by atoms with Crippen LogP contribution in [0.2, 0.25) is 0 Å². The molecule has 1 aromatic rings. The van der Waals surface area contributed by atoms with Crippen LogP contribution in [0, 0.1) is 0 Å². The maximum atomic E-state index is 11.0. The first-order chi connectivity index (χ1) is 9.06. The van der Waals surface area contributed by atoms with Gasteiger partial charge in [0.1, 0.15) is 0 Å². The Morgan fingerprint density at radius 1 is 1.32 bits per heavy atom. The van der Waals surface area contributed by atoms with Gasteiger partial charge in [-0.3, -0.25) is 9.59 Å². The highest BCUT2D eigenvalue weighted by Gasteiger charge is 2.23. The average Bonchev–Trinajstić information content (AvgIpc) is 3.18. The second-order valence-corrected chi connectivity index (χ2v) is 5.17. The number of carboxylic acids is 1. The number of benzene rings is 1. The standard InChI is InChI=1S/C15H19NO3/c1-10(17)16-9-14(8-15(18)19)13-6-4-12(5-7-13)11-2-3-11/h4-7,11,14H,2-3,8-9H2,1H3,(H,16,17)(H,18,19). The molecule has 1 amide bonds. The lowest BCUT2D eigenvalue weighted by molar-refractivity contribution is -0.137. The predicted octanol–water partition coefficient (Wildman–Crippen LogP) is 2.26. The van der Waals surface area contributed by atoms with Gasteiger partial charge in [-0.25, -0.2) is 0 Å². The second-order valence-electron chi connectivity index (χ2n) is 5.17. The summed E-state index contributed by atoms with van der Waals surface area (Å²) in [6.07, 6.45) is 2.54. The van der Waals surface area contributed by atoms with Crippen LogP contribution in [0.1, 0.15) is 49.1 Å². The summed E-state index contributed by atoms with van der Waals surface area (Å²) < 4.78 is 0. The Morgan fingerprint density at radius 2 is 1.95 bits per heavy atom. The highest BCUT2D eigenvalue weighted by Crippen LogP contribution is 2.40. The largest absolute Gasteiger partial charge is 0.481 e. The molecule has 0 saturated heterocycles. The van der Waals surface area contributed by atoms with E-state index in [2.05, 4.69) is 17.4 Å². The fraction of sp³-hybridized carbons (Fsp3) is 0.467. The van der Waals surface area contributed by atoms with Gasteiger partial charge in [-0.2, -0.15) is 0 Å². The molecule has 19 heavy (non-hydrogen) atoms. The second kappa shape index (κ2) is 5.87. The minimum atomic E-state index is -0.846. The fourth-order valence-corrected chi connectivity index (χ4v) is 2.24. The zero-order valence-electron chi connectivity index (χ0n) is 11.1. The fourth-order valence-electron chi connectivity index (χ4n) is 2.24. The van der Waals surface area contributed by atoms with Crippen molar-refractivity contribution in [2.24, 2.45) is 0 Å². The molecule has 2 N–H and O–H groups in total. The van der Waals surface area contributed by atoms with E-state index in [1.165, 1.54) is 25.3 Å². The van der Waals surface area contributed by atoms with Crippen LogP contribution in [0.3, 0.4) is 0 Å². The van der Waals surface area contributed by atoms with Gasteiger partial charge in [-0.15, -0.1) is 0 Å². The molecule has 4 heteroatoms. The molecule has 1 atom stereocenters. The smallest absolute Gasteiger partial charge is 0.304 e. The molecule has 4 nitrogen and oxygen atoms in total. The molecule has 1 fully saturated rings. The maximum absolute atomic E-state index is 11.0. The molecule has 0 radical (unpaired) electrons. The molecule has 0 aliphatic heterocycles. The van der Waals surface area contributed by atoms with Gasteiger partial charge in [0.2, 0.25) is 5.91 Å². The topological polar surface area (TPSA) is 66.4 Å². The van der Waals surface area contributed by atoms with Gasteiger partial charge in [0.15, 0.2) is 0 Å². The molecule has 0 heterocycles. The number of hydrogen-bond acceptors (Lipinski definition) is 2. The minimum Gasteiger partial charge on any atom is -0.481 e. The summed E-state index contributed by atoms with van der Waals surface area (Å²) in [5.74, 6) is -0.455. The third kappa shape index (κ3) is 4.09. The third-order valence-electron chi connectivity index (χ3n) is 3.48. The average molecular weight is 261 g/mol. The van der Waals surface area contributed by atoms with Gasteiger partial charge in [0.05, 0.1) is 6.42 Å². The maximum Gasteiger partial charge on any atom is 0.304 e. The zero-order chi connectivity index (χ0) is 13.8. The van der Waals surface area contributed by atoms with Gasteiger partial charge in [-0.1, -0.05) is 24.3 Å². The Bertz CT molecular complexity index is 463. The molecule has 102 valence electrons. The molecular formula is C15H19NO3. The lowest BCUT2D eigenvalue weighted by Gasteiger charge is -2.16. The van der Waals surface area contributed by atoms with E-state index in [-0.39, 0.29) is 18.2 Å². The molecule has 1 unspecified atom stereocenters. The molecule has 1 aromatic carbocycles. The summed E-state index contributed by atoms with van der Waals surface area (Å²) in [5.41, 5.74) is 2.30. The van der Waals surface area contributed by atoms with Crippen molar-refractivity contribution in [2.45, 2.75) is 38.0 Å². The van der Waals surface area contributed by atoms with Gasteiger partial charge < -0.3 is 10.4 Å². The van der Waals surface area contributed by atoms with E-state index in [4.69, 9.17) is 5.11 Å². The van der Waals surface area contributed by atoms with Crippen LogP contribution in [-0.4, -0.2) is 23.5 Å². The van der Waals surface area contributed by atoms with Crippen molar-refractivity contribution < 1.29 is 14.7 Å². The number of aliphatic carboxylic acids is 1. The van der Waals surface area contributed by atoms with Crippen LogP contribution in [0.4, 0.5) is 0 Å². The summed E-state index contributed by atoms with van der Waals surface area (Å²) in [6, 6.07) is 8.14. The number of nitrogens with one attached hydrogen (secondary N) is 1. The normalized spacial score (nSPS) is 15.8. The van der Waals surface area contributed by atoms with Crippen molar-refractivity contribution in [3.63, 3.8) is 0 Å². The Balaban J connectivity index is 2.06. The van der Waals surface area contributed by atoms with E-state index in [1.807, 2.05) is 12.1 Å². The summed E-state index contributed by atoms with van der Waals surface area (Å²) in [5, 5.41) is 11.6. The van der Waals surface area contributed by atoms with Crippen molar-refractivity contribution in [3.8, 4) is 0 Å². The summed E-state index contributed by atoms with van der Waals surface area (Å²) in [4.78, 5) is 21.9. The number of hydrogen-bond donors (Lipinski definition) is 2. The molecule has 0 spiro atoms. The van der Waals surface area contributed by atoms with Crippen LogP contribution in [0.5, 0.6) is 0 Å². The number of carboxylic acid groups (broad SMARTS) is 1. The Hall–Kier alpha value is -1.84. The SMILES string of the molecule is CC(=O)NCC(CC(=O)O)c1ccc(C2CC2)cc1. The predicted molar refractivity (Wildman–Crippen MR) is 72.1 cm³/mol. The van der Waals surface area contributed by atoms with E-state index in [1.54, 1.807) is 0 Å². The molecule has 2 rings (SSSR count). The Kier molecular flexibility index (Phi) is 4.20. The zero-order valence-corrected chi connectivity index (χ0v) is 11.1. The van der Waals surface area contributed by atoms with Crippen LogP contribution in [0.15, 0.2) is 24.3 Å². The summed E-state index contributed by atoms with van der Waals surface area (Å²) >= 11 is 0. The summed E-state index contributed by atoms with van der Waals surface area (Å²) in [7, 11) is 0. The van der Waals surface area contributed by atoms with Gasteiger partial charge >= 0.3 is 5.97 Å².